The molecule has 0 aromatic heterocycles. The molecule has 0 fully saturated rings. The summed E-state index contributed by atoms with van der Waals surface area (Å²) in [5.41, 5.74) is 0. The summed E-state index contributed by atoms with van der Waals surface area (Å²) in [5.74, 6) is 4.61. The zero-order chi connectivity index (χ0) is 13.7. The van der Waals surface area contributed by atoms with E-state index in [1.165, 1.54) is 70.0 Å². The zero-order valence-corrected chi connectivity index (χ0v) is 16.0. The van der Waals surface area contributed by atoms with E-state index in [-0.39, 0.29) is 7.20 Å². The van der Waals surface area contributed by atoms with Crippen LogP contribution in [-0.2, 0) is 0 Å². The molecule has 0 aliphatic rings. The molecule has 0 heterocycles. The highest BCUT2D eigenvalue weighted by molar-refractivity contribution is 14.2. The molecular weight excluding hydrogens is 351 g/mol. The maximum absolute atomic E-state index is 2.88. The van der Waals surface area contributed by atoms with Crippen molar-refractivity contribution in [2.24, 2.45) is 0 Å². The van der Waals surface area contributed by atoms with Crippen molar-refractivity contribution in [1.82, 2.24) is 0 Å². The van der Waals surface area contributed by atoms with Crippen LogP contribution in [0, 0.1) is 0 Å². The highest BCUT2D eigenvalue weighted by Gasteiger charge is 2.18. The van der Waals surface area contributed by atoms with Crippen molar-refractivity contribution in [3.8, 4) is 0 Å². The van der Waals surface area contributed by atoms with Gasteiger partial charge in [-0.3, -0.25) is 0 Å². The highest BCUT2D eigenvalue weighted by Crippen LogP contribution is 2.58. The average Bonchev–Trinajstić information content (AvgIpc) is 2.38. The zero-order valence-electron chi connectivity index (χ0n) is 13.0. The minimum Gasteiger partial charge on any atom is -0.187 e. The summed E-state index contributed by atoms with van der Waals surface area (Å²) in [6.45, 7) is 6.96. The highest BCUT2D eigenvalue weighted by atomic mass is 127. The summed E-state index contributed by atoms with van der Waals surface area (Å²) in [6.07, 6.45) is 14.4. The van der Waals surface area contributed by atoms with Crippen LogP contribution in [0.1, 0.15) is 85.0 Å². The van der Waals surface area contributed by atoms with Crippen molar-refractivity contribution in [3.05, 3.63) is 0 Å². The van der Waals surface area contributed by atoms with E-state index in [9.17, 15) is 0 Å². The fraction of sp³-hybridized carbons (Fsp3) is 1.00. The van der Waals surface area contributed by atoms with Crippen molar-refractivity contribution in [2.45, 2.75) is 85.0 Å². The Morgan fingerprint density at radius 2 is 0.944 bits per heavy atom. The van der Waals surface area contributed by atoms with Crippen molar-refractivity contribution in [2.75, 3.05) is 17.3 Å². The van der Waals surface area contributed by atoms with Gasteiger partial charge in [0.25, 0.3) is 0 Å². The first-order chi connectivity index (χ1) is 8.68. The van der Waals surface area contributed by atoms with E-state index in [1.807, 2.05) is 0 Å². The molecular formula is C16H35IS. The van der Waals surface area contributed by atoms with E-state index in [1.54, 1.807) is 11.5 Å². The van der Waals surface area contributed by atoms with Crippen LogP contribution in [0.5, 0.6) is 0 Å². The standard InChI is InChI=1S/C16H35IS/c1-4-7-10-12-15-18(17,14-9-6-3)16-13-11-8-5-2/h4-16H2,1-3H3. The maximum atomic E-state index is 2.88. The van der Waals surface area contributed by atoms with Crippen LogP contribution in [0.3, 0.4) is 0 Å². The van der Waals surface area contributed by atoms with Gasteiger partial charge in [-0.2, -0.15) is 7.20 Å². The molecule has 0 unspecified atom stereocenters. The van der Waals surface area contributed by atoms with Crippen molar-refractivity contribution >= 4 is 28.4 Å². The lowest BCUT2D eigenvalue weighted by Crippen LogP contribution is -2.08. The molecule has 0 aromatic rings. The summed E-state index contributed by atoms with van der Waals surface area (Å²) in [7, 11) is -0.292. The van der Waals surface area contributed by atoms with Crippen LogP contribution in [0.4, 0.5) is 0 Å². The quantitative estimate of drug-likeness (QED) is 0.234. The predicted octanol–water partition coefficient (Wildman–Crippen LogP) is 7.10. The first-order valence-corrected chi connectivity index (χ1v) is 12.8. The smallest absolute Gasteiger partial charge is 0.0144 e. The predicted molar refractivity (Wildman–Crippen MR) is 99.4 cm³/mol. The number of hydrogen-bond acceptors (Lipinski definition) is 0. The second kappa shape index (κ2) is 13.1. The molecule has 0 atom stereocenters. The van der Waals surface area contributed by atoms with Crippen LogP contribution < -0.4 is 0 Å². The number of unbranched alkanes of at least 4 members (excludes halogenated alkanes) is 7. The second-order valence-corrected chi connectivity index (χ2v) is 14.2. The molecule has 0 bridgehead atoms. The van der Waals surface area contributed by atoms with Gasteiger partial charge in [0, 0.05) is 0 Å². The van der Waals surface area contributed by atoms with Crippen LogP contribution >= 0.6 is 28.4 Å². The van der Waals surface area contributed by atoms with Crippen LogP contribution in [-0.4, -0.2) is 17.3 Å². The van der Waals surface area contributed by atoms with Crippen LogP contribution in [0.15, 0.2) is 0 Å². The average molecular weight is 386 g/mol. The Hall–Kier alpha value is 1.08. The maximum Gasteiger partial charge on any atom is -0.0144 e. The molecule has 0 saturated carbocycles. The summed E-state index contributed by atoms with van der Waals surface area (Å²) >= 11 is 2.88. The van der Waals surface area contributed by atoms with Gasteiger partial charge in [-0.15, -0.1) is 0 Å². The third kappa shape index (κ3) is 11.0. The molecule has 0 radical (unpaired) electrons. The monoisotopic (exact) mass is 386 g/mol. The summed E-state index contributed by atoms with van der Waals surface area (Å²) in [5, 5.41) is 0. The molecule has 0 spiro atoms. The van der Waals surface area contributed by atoms with Crippen molar-refractivity contribution < 1.29 is 0 Å². The number of halogens is 1. The minimum absolute atomic E-state index is 0.292. The molecule has 0 N–H and O–H groups in total. The second-order valence-electron chi connectivity index (χ2n) is 5.53. The van der Waals surface area contributed by atoms with Gasteiger partial charge in [-0.1, -0.05) is 65.7 Å². The molecule has 18 heavy (non-hydrogen) atoms. The normalized spacial score (nSPS) is 12.9. The summed E-state index contributed by atoms with van der Waals surface area (Å²) in [4.78, 5) is 0. The molecule has 2 heteroatoms. The molecule has 0 aliphatic carbocycles. The van der Waals surface area contributed by atoms with Gasteiger partial charge < -0.3 is 0 Å². The Morgan fingerprint density at radius 1 is 0.556 bits per heavy atom. The summed E-state index contributed by atoms with van der Waals surface area (Å²) < 4.78 is 0. The van der Waals surface area contributed by atoms with Gasteiger partial charge in [0.05, 0.1) is 0 Å². The molecule has 0 amide bonds. The van der Waals surface area contributed by atoms with E-state index in [2.05, 4.69) is 42.0 Å². The molecule has 0 aromatic carbocycles. The fourth-order valence-electron chi connectivity index (χ4n) is 2.28. The van der Waals surface area contributed by atoms with Gasteiger partial charge in [0.1, 0.15) is 0 Å². The molecule has 0 rings (SSSR count). The first kappa shape index (κ1) is 19.1. The van der Waals surface area contributed by atoms with E-state index < -0.39 is 0 Å². The lowest BCUT2D eigenvalue weighted by molar-refractivity contribution is 0.697. The van der Waals surface area contributed by atoms with Gasteiger partial charge >= 0.3 is 0 Å². The van der Waals surface area contributed by atoms with E-state index in [0.717, 1.165) is 0 Å². The van der Waals surface area contributed by atoms with Gasteiger partial charge in [0.15, 0.2) is 0 Å². The topological polar surface area (TPSA) is 0 Å². The lowest BCUT2D eigenvalue weighted by Gasteiger charge is -2.34. The third-order valence-corrected chi connectivity index (χ3v) is 10.6. The minimum atomic E-state index is -0.292. The Kier molecular flexibility index (Phi) is 13.9. The Morgan fingerprint density at radius 3 is 1.33 bits per heavy atom. The van der Waals surface area contributed by atoms with E-state index >= 15 is 0 Å². The van der Waals surface area contributed by atoms with Gasteiger partial charge in [-0.25, -0.2) is 0 Å². The Bertz CT molecular complexity index is 158. The largest absolute Gasteiger partial charge is 0.187 e. The SMILES string of the molecule is CCCCCCS(I)(CCCC)CCCCCC. The van der Waals surface area contributed by atoms with E-state index in [4.69, 9.17) is 0 Å². The van der Waals surface area contributed by atoms with Crippen molar-refractivity contribution in [3.63, 3.8) is 0 Å². The number of hydrogen-bond donors (Lipinski definition) is 0. The molecule has 0 nitrogen and oxygen atoms in total. The van der Waals surface area contributed by atoms with Gasteiger partial charge in [-0.05, 0) is 57.7 Å². The molecule has 112 valence electrons. The van der Waals surface area contributed by atoms with Crippen LogP contribution in [0.2, 0.25) is 0 Å². The Balaban J connectivity index is 3.90. The van der Waals surface area contributed by atoms with Gasteiger partial charge in [0.2, 0.25) is 0 Å². The Labute approximate surface area is 130 Å². The summed E-state index contributed by atoms with van der Waals surface area (Å²) in [6, 6.07) is 0. The lowest BCUT2D eigenvalue weighted by atomic mass is 10.2. The molecule has 0 saturated heterocycles. The fourth-order valence-corrected chi connectivity index (χ4v) is 7.95. The third-order valence-electron chi connectivity index (χ3n) is 3.59. The molecule has 0 aliphatic heterocycles. The number of rotatable bonds is 13. The van der Waals surface area contributed by atoms with E-state index in [0.29, 0.717) is 0 Å². The van der Waals surface area contributed by atoms with Crippen molar-refractivity contribution in [1.29, 1.82) is 0 Å². The first-order valence-electron chi connectivity index (χ1n) is 8.14. The van der Waals surface area contributed by atoms with Crippen LogP contribution in [0.25, 0.3) is 0 Å².